The van der Waals surface area contributed by atoms with Crippen molar-refractivity contribution in [3.8, 4) is 16.5 Å². The molecule has 1 N–H and O–H groups in total. The number of carbonyl (C=O) groups excluding carboxylic acids is 1. The summed E-state index contributed by atoms with van der Waals surface area (Å²) >= 11 is 0.479. The summed E-state index contributed by atoms with van der Waals surface area (Å²) in [7, 11) is 0. The molecule has 0 radical (unpaired) electrons. The fourth-order valence-corrected chi connectivity index (χ4v) is 4.43. The van der Waals surface area contributed by atoms with Gasteiger partial charge in [-0.15, -0.1) is 24.5 Å². The maximum absolute atomic E-state index is 13.8. The summed E-state index contributed by atoms with van der Waals surface area (Å²) in [4.78, 5) is 19.9. The third-order valence-corrected chi connectivity index (χ3v) is 6.02. The van der Waals surface area contributed by atoms with Crippen LogP contribution in [0.4, 0.5) is 26.3 Å². The number of nitrogens with zero attached hydrogens (tertiary/aromatic N) is 2. The topological polar surface area (TPSA) is 82.6 Å². The summed E-state index contributed by atoms with van der Waals surface area (Å²) in [5.41, 5.74) is -0.791. The molecular weight excluding hydrogens is 516 g/mol. The first-order chi connectivity index (χ1) is 16.9. The van der Waals surface area contributed by atoms with Gasteiger partial charge in [-0.25, -0.2) is 4.98 Å². The van der Waals surface area contributed by atoms with E-state index in [4.69, 9.17) is 9.47 Å². The largest absolute Gasteiger partial charge is 0.573 e. The van der Waals surface area contributed by atoms with Crippen molar-refractivity contribution in [1.82, 2.24) is 15.3 Å². The normalized spacial score (nSPS) is 15.6. The molecule has 0 aliphatic carbocycles. The van der Waals surface area contributed by atoms with Crippen LogP contribution in [0, 0.1) is 0 Å². The molecule has 1 fully saturated rings. The highest BCUT2D eigenvalue weighted by molar-refractivity contribution is 7.17. The number of benzene rings is 1. The molecule has 1 atom stereocenters. The van der Waals surface area contributed by atoms with Crippen molar-refractivity contribution in [3.63, 3.8) is 0 Å². The van der Waals surface area contributed by atoms with E-state index in [0.717, 1.165) is 12.1 Å². The van der Waals surface area contributed by atoms with Gasteiger partial charge in [0.25, 0.3) is 5.91 Å². The number of amides is 1. The molecule has 0 spiro atoms. The quantitative estimate of drug-likeness (QED) is 0.412. The number of thiazole rings is 1. The van der Waals surface area contributed by atoms with Gasteiger partial charge in [-0.05, 0) is 30.7 Å². The molecule has 14 heteroatoms. The summed E-state index contributed by atoms with van der Waals surface area (Å²) < 4.78 is 93.6. The Balaban J connectivity index is 1.63. The highest BCUT2D eigenvalue weighted by Crippen LogP contribution is 2.40. The van der Waals surface area contributed by atoms with E-state index in [2.05, 4.69) is 20.0 Å². The lowest BCUT2D eigenvalue weighted by atomic mass is 10.1. The van der Waals surface area contributed by atoms with Crippen LogP contribution in [0.25, 0.3) is 10.7 Å². The number of nitrogens with one attached hydrogen (secondary N) is 1. The fraction of sp³-hybridized carbons (Fsp3) is 0.318. The minimum atomic E-state index is -4.96. The molecule has 36 heavy (non-hydrogen) atoms. The summed E-state index contributed by atoms with van der Waals surface area (Å²) in [6, 6.07) is 6.94. The van der Waals surface area contributed by atoms with Gasteiger partial charge in [0.1, 0.15) is 21.3 Å². The van der Waals surface area contributed by atoms with Gasteiger partial charge in [-0.3, -0.25) is 9.78 Å². The van der Waals surface area contributed by atoms with Crippen molar-refractivity contribution in [2.24, 2.45) is 0 Å². The van der Waals surface area contributed by atoms with Crippen LogP contribution in [0.15, 0.2) is 42.6 Å². The molecule has 4 rings (SSSR count). The Morgan fingerprint density at radius 2 is 1.86 bits per heavy atom. The molecule has 1 saturated heterocycles. The van der Waals surface area contributed by atoms with Gasteiger partial charge >= 0.3 is 12.5 Å². The van der Waals surface area contributed by atoms with E-state index in [9.17, 15) is 31.1 Å². The predicted octanol–water partition coefficient (Wildman–Crippen LogP) is 5.66. The molecule has 1 unspecified atom stereocenters. The summed E-state index contributed by atoms with van der Waals surface area (Å²) in [6.45, 7) is 2.00. The Labute approximate surface area is 204 Å². The molecule has 1 aliphatic rings. The number of halogens is 6. The lowest BCUT2D eigenvalue weighted by Gasteiger charge is -2.16. The zero-order valence-corrected chi connectivity index (χ0v) is 19.1. The minimum Gasteiger partial charge on any atom is -0.406 e. The zero-order chi connectivity index (χ0) is 26.1. The maximum Gasteiger partial charge on any atom is 0.573 e. The van der Waals surface area contributed by atoms with Gasteiger partial charge in [0.2, 0.25) is 0 Å². The Hall–Kier alpha value is -3.23. The summed E-state index contributed by atoms with van der Waals surface area (Å²) in [5, 5.41) is 2.20. The number of hydrogen-bond donors (Lipinski definition) is 1. The molecule has 3 aromatic rings. The molecule has 1 amide bonds. The third kappa shape index (κ3) is 5.94. The Kier molecular flexibility index (Phi) is 7.20. The first-order valence-corrected chi connectivity index (χ1v) is 11.2. The Morgan fingerprint density at radius 1 is 1.14 bits per heavy atom. The van der Waals surface area contributed by atoms with E-state index in [1.54, 1.807) is 12.1 Å². The number of hydrogen-bond acceptors (Lipinski definition) is 7. The van der Waals surface area contributed by atoms with Gasteiger partial charge in [0.05, 0.1) is 19.3 Å². The smallest absolute Gasteiger partial charge is 0.406 e. The molecule has 192 valence electrons. The van der Waals surface area contributed by atoms with Crippen molar-refractivity contribution in [2.45, 2.75) is 31.8 Å². The van der Waals surface area contributed by atoms with E-state index >= 15 is 0 Å². The Morgan fingerprint density at radius 3 is 2.53 bits per heavy atom. The van der Waals surface area contributed by atoms with Crippen molar-refractivity contribution in [1.29, 1.82) is 0 Å². The average molecular weight is 533 g/mol. The highest BCUT2D eigenvalue weighted by Gasteiger charge is 2.41. The molecule has 7 nitrogen and oxygen atoms in total. The van der Waals surface area contributed by atoms with Crippen LogP contribution < -0.4 is 10.1 Å². The van der Waals surface area contributed by atoms with Gasteiger partial charge in [-0.2, -0.15) is 13.2 Å². The number of alkyl halides is 6. The Bertz CT molecular complexity index is 1240. The van der Waals surface area contributed by atoms with Crippen molar-refractivity contribution < 1.29 is 45.3 Å². The molecule has 1 aliphatic heterocycles. The van der Waals surface area contributed by atoms with Crippen LogP contribution in [-0.2, 0) is 15.7 Å². The second-order valence-corrected chi connectivity index (χ2v) is 8.52. The van der Waals surface area contributed by atoms with E-state index in [-0.39, 0.29) is 16.3 Å². The first kappa shape index (κ1) is 25.9. The van der Waals surface area contributed by atoms with Crippen molar-refractivity contribution in [2.75, 3.05) is 13.2 Å². The number of aromatic nitrogens is 2. The number of pyridine rings is 1. The lowest BCUT2D eigenvalue weighted by Crippen LogP contribution is -2.28. The van der Waals surface area contributed by atoms with Crippen LogP contribution in [0.1, 0.15) is 45.7 Å². The van der Waals surface area contributed by atoms with Gasteiger partial charge < -0.3 is 19.5 Å². The average Bonchev–Trinajstić information content (AvgIpc) is 3.48. The maximum atomic E-state index is 13.8. The number of ether oxygens (including phenoxy) is 3. The van der Waals surface area contributed by atoms with Crippen LogP contribution in [0.3, 0.4) is 0 Å². The number of carbonyl (C=O) groups is 1. The SMILES string of the molecule is CC(NC(=O)c1sc(-c2ncccc2C2OCCO2)nc1C(F)(F)F)c1cccc(OC(F)(F)F)c1. The molecule has 1 aromatic carbocycles. The second kappa shape index (κ2) is 10.0. The predicted molar refractivity (Wildman–Crippen MR) is 114 cm³/mol. The van der Waals surface area contributed by atoms with Crippen LogP contribution in [0.5, 0.6) is 5.75 Å². The molecule has 0 bridgehead atoms. The summed E-state index contributed by atoms with van der Waals surface area (Å²) in [5.74, 6) is -1.64. The van der Waals surface area contributed by atoms with E-state index in [1.165, 1.54) is 25.3 Å². The van der Waals surface area contributed by atoms with Crippen molar-refractivity contribution in [3.05, 3.63) is 64.3 Å². The molecule has 3 heterocycles. The van der Waals surface area contributed by atoms with E-state index in [0.29, 0.717) is 30.1 Å². The van der Waals surface area contributed by atoms with E-state index < -0.39 is 47.1 Å². The highest BCUT2D eigenvalue weighted by atomic mass is 32.1. The van der Waals surface area contributed by atoms with Gasteiger partial charge in [0, 0.05) is 11.8 Å². The zero-order valence-electron chi connectivity index (χ0n) is 18.3. The van der Waals surface area contributed by atoms with Crippen LogP contribution in [-0.4, -0.2) is 35.5 Å². The van der Waals surface area contributed by atoms with Gasteiger partial charge in [-0.1, -0.05) is 18.2 Å². The second-order valence-electron chi connectivity index (χ2n) is 7.52. The standard InChI is InChI=1S/C22H17F6N3O4S/c1-11(12-4-2-5-13(10-12)35-22(26,27)28)30-18(32)16-17(21(23,24)25)31-19(36-16)15-14(6-3-7-29-15)20-33-8-9-34-20/h2-7,10-11,20H,8-9H2,1H3,(H,30,32). The van der Waals surface area contributed by atoms with Crippen LogP contribution >= 0.6 is 11.3 Å². The molecular formula is C22H17F6N3O4S. The fourth-order valence-electron chi connectivity index (χ4n) is 3.42. The third-order valence-electron chi connectivity index (χ3n) is 4.96. The molecule has 0 saturated carbocycles. The lowest BCUT2D eigenvalue weighted by molar-refractivity contribution is -0.274. The first-order valence-electron chi connectivity index (χ1n) is 10.4. The summed E-state index contributed by atoms with van der Waals surface area (Å²) in [6.07, 6.45) is -9.36. The van der Waals surface area contributed by atoms with Gasteiger partial charge in [0.15, 0.2) is 12.0 Å². The van der Waals surface area contributed by atoms with E-state index in [1.807, 2.05) is 0 Å². The van der Waals surface area contributed by atoms with Crippen LogP contribution in [0.2, 0.25) is 0 Å². The minimum absolute atomic E-state index is 0.0731. The number of rotatable bonds is 6. The van der Waals surface area contributed by atoms with Crippen molar-refractivity contribution >= 4 is 17.2 Å². The molecule has 2 aromatic heterocycles. The monoisotopic (exact) mass is 533 g/mol.